The van der Waals surface area contributed by atoms with Crippen molar-refractivity contribution >= 4 is 17.4 Å². The minimum Gasteiger partial charge on any atom is -0.291 e. The number of hydrogen-bond acceptors (Lipinski definition) is 3. The average molecular weight is 260 g/mol. The quantitative estimate of drug-likeness (QED) is 0.846. The Bertz CT molecular complexity index is 470. The van der Waals surface area contributed by atoms with Crippen molar-refractivity contribution in [1.82, 2.24) is 5.48 Å². The lowest BCUT2D eigenvalue weighted by atomic mass is 10.1. The van der Waals surface area contributed by atoms with Crippen molar-refractivity contribution in [3.63, 3.8) is 0 Å². The molecular weight excluding hydrogens is 252 g/mol. The smallest absolute Gasteiger partial charge is 0.195 e. The van der Waals surface area contributed by atoms with Gasteiger partial charge in [-0.3, -0.25) is 15.1 Å². The number of ketones is 1. The molecule has 0 bridgehead atoms. The molecule has 1 aliphatic heterocycles. The zero-order valence-corrected chi connectivity index (χ0v) is 9.30. The zero-order chi connectivity index (χ0) is 12.4. The summed E-state index contributed by atoms with van der Waals surface area (Å²) >= 11 is 5.35. The molecule has 1 N–H and O–H groups in total. The number of allylic oxidation sites excluding steroid dienone is 1. The second-order valence-corrected chi connectivity index (χ2v) is 3.68. The van der Waals surface area contributed by atoms with Crippen molar-refractivity contribution in [3.8, 4) is 0 Å². The van der Waals surface area contributed by atoms with Crippen molar-refractivity contribution in [2.45, 2.75) is 6.10 Å². The highest BCUT2D eigenvalue weighted by atomic mass is 35.5. The fraction of sp³-hybridized carbons (Fsp3) is 0.182. The fourth-order valence-electron chi connectivity index (χ4n) is 1.49. The molecule has 0 aromatic heterocycles. The van der Waals surface area contributed by atoms with Crippen LogP contribution in [0.2, 0.25) is 0 Å². The number of carbonyl (C=O) groups excluding carboxylic acids is 1. The Balaban J connectivity index is 2.31. The Hall–Kier alpha value is -1.46. The second kappa shape index (κ2) is 4.81. The maximum atomic E-state index is 13.4. The number of rotatable bonds is 3. The van der Waals surface area contributed by atoms with Gasteiger partial charge in [0.25, 0.3) is 0 Å². The van der Waals surface area contributed by atoms with Crippen LogP contribution in [0.3, 0.4) is 0 Å². The van der Waals surface area contributed by atoms with E-state index in [1.165, 1.54) is 12.1 Å². The van der Waals surface area contributed by atoms with Crippen LogP contribution in [-0.2, 0) is 9.63 Å². The summed E-state index contributed by atoms with van der Waals surface area (Å²) in [7, 11) is 0. The SMILES string of the molecule is O=C(CCl)C1=CC(c2c(F)cccc2F)ON1. The van der Waals surface area contributed by atoms with E-state index >= 15 is 0 Å². The molecule has 0 saturated carbocycles. The number of nitrogens with one attached hydrogen (secondary N) is 1. The Morgan fingerprint density at radius 1 is 1.41 bits per heavy atom. The predicted octanol–water partition coefficient (Wildman–Crippen LogP) is 2.23. The minimum atomic E-state index is -0.974. The van der Waals surface area contributed by atoms with Crippen LogP contribution < -0.4 is 5.48 Å². The molecule has 0 fully saturated rings. The first-order valence-corrected chi connectivity index (χ1v) is 5.33. The van der Waals surface area contributed by atoms with Crippen LogP contribution in [0.1, 0.15) is 11.7 Å². The van der Waals surface area contributed by atoms with E-state index in [1.54, 1.807) is 0 Å². The van der Waals surface area contributed by atoms with Gasteiger partial charge in [-0.05, 0) is 18.2 Å². The van der Waals surface area contributed by atoms with Crippen molar-refractivity contribution < 1.29 is 18.4 Å². The van der Waals surface area contributed by atoms with Gasteiger partial charge >= 0.3 is 0 Å². The normalized spacial score (nSPS) is 18.8. The highest BCUT2D eigenvalue weighted by Crippen LogP contribution is 2.28. The predicted molar refractivity (Wildman–Crippen MR) is 57.1 cm³/mol. The van der Waals surface area contributed by atoms with Crippen LogP contribution in [0.15, 0.2) is 30.0 Å². The molecule has 1 aliphatic rings. The van der Waals surface area contributed by atoms with Crippen molar-refractivity contribution in [2.75, 3.05) is 5.88 Å². The van der Waals surface area contributed by atoms with Crippen molar-refractivity contribution in [2.24, 2.45) is 0 Å². The summed E-state index contributed by atoms with van der Waals surface area (Å²) < 4.78 is 26.8. The van der Waals surface area contributed by atoms with Gasteiger partial charge in [0.15, 0.2) is 5.78 Å². The number of hydroxylamine groups is 1. The van der Waals surface area contributed by atoms with Gasteiger partial charge in [0.05, 0.1) is 11.4 Å². The first kappa shape index (κ1) is 12.0. The molecule has 0 saturated heterocycles. The van der Waals surface area contributed by atoms with Crippen LogP contribution in [0.4, 0.5) is 8.78 Å². The van der Waals surface area contributed by atoms with E-state index in [-0.39, 0.29) is 17.1 Å². The fourth-order valence-corrected chi connectivity index (χ4v) is 1.64. The summed E-state index contributed by atoms with van der Waals surface area (Å²) in [5, 5.41) is 0. The molecule has 0 spiro atoms. The first-order valence-electron chi connectivity index (χ1n) is 4.80. The Kier molecular flexibility index (Phi) is 3.40. The lowest BCUT2D eigenvalue weighted by molar-refractivity contribution is -0.114. The Morgan fingerprint density at radius 2 is 2.06 bits per heavy atom. The van der Waals surface area contributed by atoms with E-state index in [0.29, 0.717) is 0 Å². The lowest BCUT2D eigenvalue weighted by Crippen LogP contribution is -2.16. The average Bonchev–Trinajstić information content (AvgIpc) is 2.77. The van der Waals surface area contributed by atoms with Gasteiger partial charge in [0.1, 0.15) is 23.4 Å². The third-order valence-electron chi connectivity index (χ3n) is 2.32. The van der Waals surface area contributed by atoms with Crippen molar-refractivity contribution in [3.05, 3.63) is 47.2 Å². The maximum absolute atomic E-state index is 13.4. The number of alkyl halides is 1. The van der Waals surface area contributed by atoms with Gasteiger partial charge in [0.2, 0.25) is 0 Å². The van der Waals surface area contributed by atoms with E-state index in [2.05, 4.69) is 5.48 Å². The van der Waals surface area contributed by atoms with Crippen LogP contribution in [0.25, 0.3) is 0 Å². The molecule has 0 radical (unpaired) electrons. The van der Waals surface area contributed by atoms with Crippen LogP contribution in [-0.4, -0.2) is 11.7 Å². The molecule has 17 heavy (non-hydrogen) atoms. The monoisotopic (exact) mass is 259 g/mol. The molecule has 2 rings (SSSR count). The molecule has 6 heteroatoms. The van der Waals surface area contributed by atoms with Crippen LogP contribution in [0.5, 0.6) is 0 Å². The molecule has 1 atom stereocenters. The molecule has 1 aromatic carbocycles. The van der Waals surface area contributed by atoms with Gasteiger partial charge < -0.3 is 0 Å². The summed E-state index contributed by atoms with van der Waals surface area (Å²) in [6.07, 6.45) is 0.324. The molecular formula is C11H8ClF2NO2. The summed E-state index contributed by atoms with van der Waals surface area (Å²) in [5.74, 6) is -2.08. The van der Waals surface area contributed by atoms with E-state index in [9.17, 15) is 13.6 Å². The highest BCUT2D eigenvalue weighted by Gasteiger charge is 2.26. The zero-order valence-electron chi connectivity index (χ0n) is 8.54. The molecule has 1 aromatic rings. The lowest BCUT2D eigenvalue weighted by Gasteiger charge is -2.09. The van der Waals surface area contributed by atoms with Gasteiger partial charge in [0, 0.05) is 0 Å². The number of halogens is 3. The van der Waals surface area contributed by atoms with E-state index in [4.69, 9.17) is 16.4 Å². The highest BCUT2D eigenvalue weighted by molar-refractivity contribution is 6.30. The first-order chi connectivity index (χ1) is 8.13. The maximum Gasteiger partial charge on any atom is 0.195 e. The largest absolute Gasteiger partial charge is 0.291 e. The summed E-state index contributed by atoms with van der Waals surface area (Å²) in [4.78, 5) is 16.2. The van der Waals surface area contributed by atoms with E-state index in [1.807, 2.05) is 0 Å². The summed E-state index contributed by atoms with van der Waals surface area (Å²) in [6, 6.07) is 3.50. The Morgan fingerprint density at radius 3 is 2.65 bits per heavy atom. The van der Waals surface area contributed by atoms with Crippen molar-refractivity contribution in [1.29, 1.82) is 0 Å². The third kappa shape index (κ3) is 2.30. The molecule has 1 unspecified atom stereocenters. The summed E-state index contributed by atoms with van der Waals surface area (Å²) in [5.41, 5.74) is 2.17. The summed E-state index contributed by atoms with van der Waals surface area (Å²) in [6.45, 7) is 0. The molecule has 0 aliphatic carbocycles. The van der Waals surface area contributed by atoms with E-state index < -0.39 is 23.5 Å². The molecule has 1 heterocycles. The Labute approximate surface area is 101 Å². The number of Topliss-reactive ketones (excluding diaryl/α,β-unsaturated/α-hetero) is 1. The molecule has 90 valence electrons. The topological polar surface area (TPSA) is 38.3 Å². The standard InChI is InChI=1S/C11H8ClF2NO2/c12-5-9(16)8-4-10(17-15-8)11-6(13)2-1-3-7(11)14/h1-4,10,15H,5H2. The third-order valence-corrected chi connectivity index (χ3v) is 2.56. The van der Waals surface area contributed by atoms with Crippen LogP contribution in [0, 0.1) is 11.6 Å². The minimum absolute atomic E-state index is 0.104. The van der Waals surface area contributed by atoms with E-state index in [0.717, 1.165) is 12.1 Å². The van der Waals surface area contributed by atoms with Gasteiger partial charge in [-0.25, -0.2) is 8.78 Å². The number of hydrogen-bond donors (Lipinski definition) is 1. The van der Waals surface area contributed by atoms with Gasteiger partial charge in [-0.15, -0.1) is 11.6 Å². The molecule has 3 nitrogen and oxygen atoms in total. The number of benzene rings is 1. The number of carbonyl (C=O) groups is 1. The van der Waals surface area contributed by atoms with Gasteiger partial charge in [-0.1, -0.05) is 6.07 Å². The van der Waals surface area contributed by atoms with Gasteiger partial charge in [-0.2, -0.15) is 0 Å². The van der Waals surface area contributed by atoms with Crippen LogP contribution >= 0.6 is 11.6 Å². The second-order valence-electron chi connectivity index (χ2n) is 3.41. The molecule has 0 amide bonds.